The molecule has 1 aliphatic rings. The van der Waals surface area contributed by atoms with Gasteiger partial charge in [-0.2, -0.15) is 0 Å². The Bertz CT molecular complexity index is 219. The van der Waals surface area contributed by atoms with Crippen molar-refractivity contribution < 1.29 is 17.9 Å². The van der Waals surface area contributed by atoms with Crippen molar-refractivity contribution >= 4 is 0 Å². The highest BCUT2D eigenvalue weighted by Gasteiger charge is 2.30. The fourth-order valence-electron chi connectivity index (χ4n) is 1.90. The molecule has 1 saturated heterocycles. The van der Waals surface area contributed by atoms with Crippen LogP contribution in [0.2, 0.25) is 0 Å². The standard InChI is InChI=1S/C10H19F3N2O/c1-9(2)8-15(5-3-4-14-9)6-7-16-10(11,12)13/h14H,3-8H2,1-2H3. The van der Waals surface area contributed by atoms with Gasteiger partial charge in [0.15, 0.2) is 0 Å². The van der Waals surface area contributed by atoms with Crippen molar-refractivity contribution in [1.82, 2.24) is 10.2 Å². The molecule has 0 aromatic heterocycles. The Labute approximate surface area is 93.9 Å². The average molecular weight is 240 g/mol. The molecule has 3 nitrogen and oxygen atoms in total. The molecule has 1 rings (SSSR count). The Kier molecular flexibility index (Phi) is 4.58. The van der Waals surface area contributed by atoms with E-state index in [-0.39, 0.29) is 12.1 Å². The van der Waals surface area contributed by atoms with E-state index >= 15 is 0 Å². The molecule has 96 valence electrons. The van der Waals surface area contributed by atoms with Crippen LogP contribution >= 0.6 is 0 Å². The van der Waals surface area contributed by atoms with Gasteiger partial charge in [0.05, 0.1) is 6.61 Å². The summed E-state index contributed by atoms with van der Waals surface area (Å²) in [7, 11) is 0. The van der Waals surface area contributed by atoms with Gasteiger partial charge in [0, 0.05) is 18.6 Å². The molecule has 0 spiro atoms. The lowest BCUT2D eigenvalue weighted by atomic mass is 10.1. The van der Waals surface area contributed by atoms with Gasteiger partial charge in [-0.25, -0.2) is 0 Å². The average Bonchev–Trinajstić information content (AvgIpc) is 2.24. The van der Waals surface area contributed by atoms with Gasteiger partial charge in [0.1, 0.15) is 0 Å². The summed E-state index contributed by atoms with van der Waals surface area (Å²) < 4.78 is 39.1. The minimum atomic E-state index is -4.51. The first-order valence-electron chi connectivity index (χ1n) is 5.47. The Hall–Kier alpha value is -0.330. The van der Waals surface area contributed by atoms with Crippen LogP contribution in [0.1, 0.15) is 20.3 Å². The van der Waals surface area contributed by atoms with Gasteiger partial charge in [-0.15, -0.1) is 13.2 Å². The number of hydrogen-bond donors (Lipinski definition) is 1. The van der Waals surface area contributed by atoms with Crippen LogP contribution in [0, 0.1) is 0 Å². The SMILES string of the molecule is CC1(C)CN(CCOC(F)(F)F)CCCN1. The lowest BCUT2D eigenvalue weighted by Crippen LogP contribution is -2.47. The zero-order chi connectivity index (χ0) is 12.2. The lowest BCUT2D eigenvalue weighted by Gasteiger charge is -2.29. The van der Waals surface area contributed by atoms with Gasteiger partial charge in [0.25, 0.3) is 0 Å². The number of ether oxygens (including phenoxy) is 1. The number of alkyl halides is 3. The molecule has 0 aliphatic carbocycles. The Balaban J connectivity index is 2.30. The maximum Gasteiger partial charge on any atom is 0.522 e. The number of nitrogens with zero attached hydrogens (tertiary/aromatic N) is 1. The normalized spacial score (nSPS) is 23.1. The maximum atomic E-state index is 11.8. The van der Waals surface area contributed by atoms with E-state index < -0.39 is 6.36 Å². The summed E-state index contributed by atoms with van der Waals surface area (Å²) in [4.78, 5) is 2.01. The number of halogens is 3. The number of rotatable bonds is 3. The summed E-state index contributed by atoms with van der Waals surface area (Å²) in [5, 5.41) is 3.35. The molecule has 16 heavy (non-hydrogen) atoms. The van der Waals surface area contributed by atoms with E-state index in [2.05, 4.69) is 23.9 Å². The van der Waals surface area contributed by atoms with Crippen molar-refractivity contribution in [2.75, 3.05) is 32.8 Å². The molecule has 0 atom stereocenters. The Morgan fingerprint density at radius 3 is 2.69 bits per heavy atom. The molecule has 6 heteroatoms. The van der Waals surface area contributed by atoms with Crippen LogP contribution in [0.4, 0.5) is 13.2 Å². The summed E-state index contributed by atoms with van der Waals surface area (Å²) >= 11 is 0. The largest absolute Gasteiger partial charge is 0.522 e. The summed E-state index contributed by atoms with van der Waals surface area (Å²) in [6, 6.07) is 0. The molecule has 0 saturated carbocycles. The highest BCUT2D eigenvalue weighted by atomic mass is 19.4. The molecule has 0 amide bonds. The van der Waals surface area contributed by atoms with E-state index in [1.54, 1.807) is 0 Å². The number of hydrogen-bond acceptors (Lipinski definition) is 3. The smallest absolute Gasteiger partial charge is 0.310 e. The molecule has 0 aromatic rings. The zero-order valence-electron chi connectivity index (χ0n) is 9.73. The second-order valence-electron chi connectivity index (χ2n) is 4.73. The molecule has 1 heterocycles. The van der Waals surface area contributed by atoms with Gasteiger partial charge in [-0.3, -0.25) is 9.64 Å². The highest BCUT2D eigenvalue weighted by molar-refractivity contribution is 4.84. The Morgan fingerprint density at radius 1 is 1.38 bits per heavy atom. The molecule has 0 unspecified atom stereocenters. The minimum Gasteiger partial charge on any atom is -0.310 e. The third-order valence-electron chi connectivity index (χ3n) is 2.55. The van der Waals surface area contributed by atoms with Crippen LogP contribution in [-0.2, 0) is 4.74 Å². The van der Waals surface area contributed by atoms with Crippen molar-refractivity contribution in [3.63, 3.8) is 0 Å². The van der Waals surface area contributed by atoms with Gasteiger partial charge >= 0.3 is 6.36 Å². The van der Waals surface area contributed by atoms with Crippen molar-refractivity contribution in [3.05, 3.63) is 0 Å². The Morgan fingerprint density at radius 2 is 2.06 bits per heavy atom. The quantitative estimate of drug-likeness (QED) is 0.811. The van der Waals surface area contributed by atoms with E-state index in [0.717, 1.165) is 26.1 Å². The van der Waals surface area contributed by atoms with Crippen LogP contribution in [0.5, 0.6) is 0 Å². The second-order valence-corrected chi connectivity index (χ2v) is 4.73. The first-order valence-corrected chi connectivity index (χ1v) is 5.47. The second kappa shape index (κ2) is 5.33. The fourth-order valence-corrected chi connectivity index (χ4v) is 1.90. The fraction of sp³-hybridized carbons (Fsp3) is 1.00. The molecule has 1 aliphatic heterocycles. The molecule has 0 aromatic carbocycles. The summed E-state index contributed by atoms with van der Waals surface area (Å²) in [6.45, 7) is 6.60. The van der Waals surface area contributed by atoms with E-state index in [1.807, 2.05) is 4.90 Å². The van der Waals surface area contributed by atoms with Crippen LogP contribution in [0.15, 0.2) is 0 Å². The predicted octanol–water partition coefficient (Wildman–Crippen LogP) is 1.60. The number of nitrogens with one attached hydrogen (secondary N) is 1. The van der Waals surface area contributed by atoms with Crippen molar-refractivity contribution in [3.8, 4) is 0 Å². The van der Waals surface area contributed by atoms with Gasteiger partial charge in [-0.1, -0.05) is 0 Å². The van der Waals surface area contributed by atoms with Crippen LogP contribution in [-0.4, -0.2) is 49.6 Å². The van der Waals surface area contributed by atoms with Crippen LogP contribution in [0.3, 0.4) is 0 Å². The molecular formula is C10H19F3N2O. The van der Waals surface area contributed by atoms with Gasteiger partial charge in [0.2, 0.25) is 0 Å². The molecular weight excluding hydrogens is 221 g/mol. The third kappa shape index (κ3) is 5.67. The first kappa shape index (κ1) is 13.7. The monoisotopic (exact) mass is 240 g/mol. The zero-order valence-corrected chi connectivity index (χ0v) is 9.73. The van der Waals surface area contributed by atoms with Crippen molar-refractivity contribution in [1.29, 1.82) is 0 Å². The van der Waals surface area contributed by atoms with Crippen molar-refractivity contribution in [2.45, 2.75) is 32.2 Å². The molecule has 0 radical (unpaired) electrons. The third-order valence-corrected chi connectivity index (χ3v) is 2.55. The minimum absolute atomic E-state index is 0.0469. The topological polar surface area (TPSA) is 24.5 Å². The van der Waals surface area contributed by atoms with Gasteiger partial charge < -0.3 is 5.32 Å². The van der Waals surface area contributed by atoms with Gasteiger partial charge in [-0.05, 0) is 33.4 Å². The van der Waals surface area contributed by atoms with Crippen molar-refractivity contribution in [2.24, 2.45) is 0 Å². The molecule has 1 fully saturated rings. The van der Waals surface area contributed by atoms with E-state index in [9.17, 15) is 13.2 Å². The summed E-state index contributed by atoms with van der Waals surface area (Å²) in [5.74, 6) is 0. The van der Waals surface area contributed by atoms with E-state index in [0.29, 0.717) is 6.54 Å². The summed E-state index contributed by atoms with van der Waals surface area (Å²) in [5.41, 5.74) is -0.0469. The van der Waals surface area contributed by atoms with E-state index in [1.165, 1.54) is 0 Å². The van der Waals surface area contributed by atoms with Crippen LogP contribution < -0.4 is 5.32 Å². The highest BCUT2D eigenvalue weighted by Crippen LogP contribution is 2.16. The molecule has 1 N–H and O–H groups in total. The summed E-state index contributed by atoms with van der Waals surface area (Å²) in [6.07, 6.45) is -3.56. The van der Waals surface area contributed by atoms with E-state index in [4.69, 9.17) is 0 Å². The lowest BCUT2D eigenvalue weighted by molar-refractivity contribution is -0.325. The molecule has 0 bridgehead atoms. The maximum absolute atomic E-state index is 11.8. The predicted molar refractivity (Wildman–Crippen MR) is 55.1 cm³/mol. The first-order chi connectivity index (χ1) is 7.29. The van der Waals surface area contributed by atoms with Crippen LogP contribution in [0.25, 0.3) is 0 Å².